The molecule has 0 unspecified atom stereocenters. The monoisotopic (exact) mass is 388 g/mol. The number of halogens is 1. The molecule has 2 heterocycles. The zero-order valence-corrected chi connectivity index (χ0v) is 14.7. The number of nitrogens with zero attached hydrogens (tertiary/aromatic N) is 1. The number of amides is 2. The third kappa shape index (κ3) is 3.51. The van der Waals surface area contributed by atoms with Crippen molar-refractivity contribution in [2.75, 3.05) is 0 Å². The second-order valence-electron chi connectivity index (χ2n) is 5.52. The minimum absolute atomic E-state index is 0.234. The second kappa shape index (κ2) is 6.92. The molecule has 0 aliphatic carbocycles. The summed E-state index contributed by atoms with van der Waals surface area (Å²) in [5.74, 6) is -0.592. The largest absolute Gasteiger partial charge is 0.361 e. The van der Waals surface area contributed by atoms with Crippen LogP contribution in [0.3, 0.4) is 0 Å². The van der Waals surface area contributed by atoms with Gasteiger partial charge in [0.15, 0.2) is 0 Å². The van der Waals surface area contributed by atoms with Crippen LogP contribution in [0, 0.1) is 0 Å². The van der Waals surface area contributed by atoms with Crippen LogP contribution < -0.4 is 10.9 Å². The Kier molecular flexibility index (Phi) is 4.71. The Morgan fingerprint density at radius 1 is 1.25 bits per heavy atom. The van der Waals surface area contributed by atoms with Gasteiger partial charge in [-0.15, -0.1) is 0 Å². The molecule has 0 spiro atoms. The Hall–Kier alpha value is -2.54. The Balaban J connectivity index is 1.53. The Morgan fingerprint density at radius 2 is 2.04 bits per heavy atom. The fourth-order valence-electron chi connectivity index (χ4n) is 2.59. The van der Waals surface area contributed by atoms with Crippen LogP contribution in [0.15, 0.2) is 47.2 Å². The molecule has 2 amide bonds. The van der Waals surface area contributed by atoms with Crippen LogP contribution in [0.4, 0.5) is 0 Å². The van der Waals surface area contributed by atoms with Crippen LogP contribution in [-0.2, 0) is 18.3 Å². The zero-order chi connectivity index (χ0) is 17.1. The van der Waals surface area contributed by atoms with Crippen molar-refractivity contribution in [2.24, 2.45) is 7.05 Å². The molecule has 3 rings (SSSR count). The Bertz CT molecular complexity index is 897. The zero-order valence-electron chi connectivity index (χ0n) is 13.1. The molecule has 1 aromatic carbocycles. The fourth-order valence-corrected chi connectivity index (χ4v) is 3.11. The third-order valence-corrected chi connectivity index (χ3v) is 4.25. The van der Waals surface area contributed by atoms with Crippen LogP contribution >= 0.6 is 15.9 Å². The van der Waals surface area contributed by atoms with Gasteiger partial charge >= 0.3 is 0 Å². The number of hydrogen-bond acceptors (Lipinski definition) is 2. The molecular formula is C17H17BrN4O2. The highest BCUT2D eigenvalue weighted by atomic mass is 79.9. The Morgan fingerprint density at radius 3 is 2.79 bits per heavy atom. The molecule has 0 aliphatic rings. The smallest absolute Gasteiger partial charge is 0.286 e. The van der Waals surface area contributed by atoms with Gasteiger partial charge in [0.25, 0.3) is 5.91 Å². The lowest BCUT2D eigenvalue weighted by Gasteiger charge is -2.07. The molecule has 3 aromatic rings. The van der Waals surface area contributed by atoms with Crippen LogP contribution in [0.1, 0.15) is 22.5 Å². The molecule has 0 radical (unpaired) electrons. The van der Waals surface area contributed by atoms with E-state index in [1.165, 1.54) is 0 Å². The number of H-pyrrole nitrogens is 1. The molecule has 0 aliphatic heterocycles. The van der Waals surface area contributed by atoms with E-state index < -0.39 is 0 Å². The van der Waals surface area contributed by atoms with Gasteiger partial charge in [0.1, 0.15) is 5.69 Å². The summed E-state index contributed by atoms with van der Waals surface area (Å²) in [5.41, 5.74) is 7.47. The lowest BCUT2D eigenvalue weighted by atomic mass is 10.1. The summed E-state index contributed by atoms with van der Waals surface area (Å²) >= 11 is 3.31. The number of hydrogen-bond donors (Lipinski definition) is 3. The highest BCUT2D eigenvalue weighted by Crippen LogP contribution is 2.18. The summed E-state index contributed by atoms with van der Waals surface area (Å²) in [6.45, 7) is 0. The molecule has 0 bridgehead atoms. The molecule has 3 N–H and O–H groups in total. The second-order valence-corrected chi connectivity index (χ2v) is 6.43. The number of rotatable bonds is 4. The third-order valence-electron chi connectivity index (χ3n) is 3.82. The van der Waals surface area contributed by atoms with E-state index >= 15 is 0 Å². The minimum Gasteiger partial charge on any atom is -0.361 e. The summed E-state index contributed by atoms with van der Waals surface area (Å²) in [5, 5.41) is 1.11. The van der Waals surface area contributed by atoms with Crippen molar-refractivity contribution in [3.63, 3.8) is 0 Å². The number of carbonyl (C=O) groups excluding carboxylic acids is 2. The molecular weight excluding hydrogens is 372 g/mol. The normalized spacial score (nSPS) is 10.8. The summed E-state index contributed by atoms with van der Waals surface area (Å²) in [6.07, 6.45) is 4.58. The van der Waals surface area contributed by atoms with Gasteiger partial charge < -0.3 is 9.55 Å². The highest BCUT2D eigenvalue weighted by Gasteiger charge is 2.12. The van der Waals surface area contributed by atoms with E-state index in [9.17, 15) is 9.59 Å². The predicted molar refractivity (Wildman–Crippen MR) is 95.3 cm³/mol. The van der Waals surface area contributed by atoms with Gasteiger partial charge in [-0.05, 0) is 40.0 Å². The van der Waals surface area contributed by atoms with Gasteiger partial charge in [0.2, 0.25) is 5.91 Å². The van der Waals surface area contributed by atoms with E-state index in [0.29, 0.717) is 18.5 Å². The summed E-state index contributed by atoms with van der Waals surface area (Å²) < 4.78 is 2.48. The molecule has 24 heavy (non-hydrogen) atoms. The topological polar surface area (TPSA) is 78.9 Å². The van der Waals surface area contributed by atoms with Gasteiger partial charge in [0, 0.05) is 41.2 Å². The molecule has 124 valence electrons. The van der Waals surface area contributed by atoms with Crippen LogP contribution in [0.2, 0.25) is 0 Å². The number of aromatic nitrogens is 2. The first-order chi connectivity index (χ1) is 11.5. The fraction of sp³-hybridized carbons (Fsp3) is 0.176. The van der Waals surface area contributed by atoms with E-state index in [1.54, 1.807) is 23.9 Å². The van der Waals surface area contributed by atoms with Crippen LogP contribution in [-0.4, -0.2) is 21.4 Å². The van der Waals surface area contributed by atoms with Crippen molar-refractivity contribution in [3.8, 4) is 0 Å². The molecule has 6 nitrogen and oxygen atoms in total. The average Bonchev–Trinajstić information content (AvgIpc) is 3.13. The predicted octanol–water partition coefficient (Wildman–Crippen LogP) is 2.66. The first-order valence-corrected chi connectivity index (χ1v) is 8.30. The molecule has 2 aromatic heterocycles. The van der Waals surface area contributed by atoms with Crippen LogP contribution in [0.25, 0.3) is 10.9 Å². The summed E-state index contributed by atoms with van der Waals surface area (Å²) in [6, 6.07) is 9.64. The molecule has 0 saturated carbocycles. The number of hydrazine groups is 1. The first kappa shape index (κ1) is 16.3. The molecule has 0 atom stereocenters. The first-order valence-electron chi connectivity index (χ1n) is 7.50. The van der Waals surface area contributed by atoms with E-state index in [4.69, 9.17) is 0 Å². The van der Waals surface area contributed by atoms with Gasteiger partial charge in [-0.1, -0.05) is 18.2 Å². The number of nitrogens with one attached hydrogen (secondary N) is 3. The minimum atomic E-state index is -0.358. The molecule has 0 saturated heterocycles. The van der Waals surface area contributed by atoms with Crippen LogP contribution in [0.5, 0.6) is 0 Å². The maximum Gasteiger partial charge on any atom is 0.286 e. The average molecular weight is 389 g/mol. The van der Waals surface area contributed by atoms with Crippen molar-refractivity contribution in [3.05, 3.63) is 58.5 Å². The standard InChI is InChI=1S/C17H17BrN4O2/c1-22-10-12(18)8-15(22)17(24)21-20-16(23)7-6-11-9-19-14-5-3-2-4-13(11)14/h2-5,8-10,19H,6-7H2,1H3,(H,20,23)(H,21,24). The van der Waals surface area contributed by atoms with Crippen molar-refractivity contribution in [1.29, 1.82) is 0 Å². The number of fused-ring (bicyclic) bond motifs is 1. The molecule has 0 fully saturated rings. The van der Waals surface area contributed by atoms with E-state index in [-0.39, 0.29) is 11.8 Å². The number of para-hydroxylation sites is 1. The van der Waals surface area contributed by atoms with E-state index in [0.717, 1.165) is 20.9 Å². The Labute approximate surface area is 147 Å². The van der Waals surface area contributed by atoms with E-state index in [1.807, 2.05) is 30.5 Å². The summed E-state index contributed by atoms with van der Waals surface area (Å²) in [7, 11) is 1.76. The van der Waals surface area contributed by atoms with Gasteiger partial charge in [-0.2, -0.15) is 0 Å². The van der Waals surface area contributed by atoms with Crippen molar-refractivity contribution in [2.45, 2.75) is 12.8 Å². The van der Waals surface area contributed by atoms with Crippen molar-refractivity contribution in [1.82, 2.24) is 20.4 Å². The van der Waals surface area contributed by atoms with Crippen molar-refractivity contribution >= 4 is 38.6 Å². The number of aromatic amines is 1. The van der Waals surface area contributed by atoms with E-state index in [2.05, 4.69) is 31.8 Å². The van der Waals surface area contributed by atoms with Crippen molar-refractivity contribution < 1.29 is 9.59 Å². The maximum absolute atomic E-state index is 12.0. The number of carbonyl (C=O) groups is 2. The van der Waals surface area contributed by atoms with Gasteiger partial charge in [-0.25, -0.2) is 0 Å². The summed E-state index contributed by atoms with van der Waals surface area (Å²) in [4.78, 5) is 27.2. The quantitative estimate of drug-likeness (QED) is 0.600. The van der Waals surface area contributed by atoms with Gasteiger partial charge in [0.05, 0.1) is 0 Å². The maximum atomic E-state index is 12.0. The van der Waals surface area contributed by atoms with Gasteiger partial charge in [-0.3, -0.25) is 20.4 Å². The molecule has 7 heteroatoms. The SMILES string of the molecule is Cn1cc(Br)cc1C(=O)NNC(=O)CCc1c[nH]c2ccccc12. The lowest BCUT2D eigenvalue weighted by Crippen LogP contribution is -2.42. The highest BCUT2D eigenvalue weighted by molar-refractivity contribution is 9.10. The lowest BCUT2D eigenvalue weighted by molar-refractivity contribution is -0.121. The number of benzene rings is 1. The number of aryl methyl sites for hydroxylation is 2.